The van der Waals surface area contributed by atoms with Crippen molar-refractivity contribution < 1.29 is 19.1 Å². The van der Waals surface area contributed by atoms with Gasteiger partial charge in [0.15, 0.2) is 0 Å². The summed E-state index contributed by atoms with van der Waals surface area (Å²) in [6.07, 6.45) is 11.4. The molecule has 0 bridgehead atoms. The summed E-state index contributed by atoms with van der Waals surface area (Å²) in [6, 6.07) is 15.7. The lowest BCUT2D eigenvalue weighted by molar-refractivity contribution is -0.140. The summed E-state index contributed by atoms with van der Waals surface area (Å²) >= 11 is 4.04. The van der Waals surface area contributed by atoms with E-state index in [0.717, 1.165) is 105 Å². The number of nitrogens with zero attached hydrogens (tertiary/aromatic N) is 4. The predicted molar refractivity (Wildman–Crippen MR) is 200 cm³/mol. The summed E-state index contributed by atoms with van der Waals surface area (Å²) in [5.74, 6) is -0.605. The monoisotopic (exact) mass is 714 g/mol. The van der Waals surface area contributed by atoms with Gasteiger partial charge < -0.3 is 9.47 Å². The zero-order valence-corrected chi connectivity index (χ0v) is 30.9. The van der Waals surface area contributed by atoms with Gasteiger partial charge in [0, 0.05) is 30.6 Å². The number of benzene rings is 1. The van der Waals surface area contributed by atoms with E-state index in [9.17, 15) is 20.1 Å². The zero-order valence-electron chi connectivity index (χ0n) is 28.5. The van der Waals surface area contributed by atoms with Gasteiger partial charge in [-0.15, -0.1) is 22.7 Å². The molecule has 0 N–H and O–H groups in total. The smallest absolute Gasteiger partial charge is 0.348 e. The van der Waals surface area contributed by atoms with Gasteiger partial charge in [0.05, 0.1) is 24.9 Å². The minimum Gasteiger partial charge on any atom is -0.461 e. The number of ether oxygens (including phenoxy) is 2. The summed E-state index contributed by atoms with van der Waals surface area (Å²) in [4.78, 5) is 28.8. The Hall–Kier alpha value is -4.16. The Morgan fingerprint density at radius 3 is 1.51 bits per heavy atom. The van der Waals surface area contributed by atoms with E-state index in [0.29, 0.717) is 25.0 Å². The third-order valence-electron chi connectivity index (χ3n) is 8.44. The van der Waals surface area contributed by atoms with Gasteiger partial charge in [-0.2, -0.15) is 19.3 Å². The minimum atomic E-state index is -0.598. The topological polar surface area (TPSA) is 126 Å². The fourth-order valence-corrected chi connectivity index (χ4v) is 7.84. The van der Waals surface area contributed by atoms with Crippen molar-refractivity contribution in [3.63, 3.8) is 0 Å². The average molecular weight is 715 g/mol. The first kappa shape index (κ1) is 37.7. The van der Waals surface area contributed by atoms with Gasteiger partial charge in [-0.3, -0.25) is 0 Å². The van der Waals surface area contributed by atoms with Gasteiger partial charge in [0.2, 0.25) is 0 Å². The van der Waals surface area contributed by atoms with Gasteiger partial charge >= 0.3 is 11.9 Å². The third kappa shape index (κ3) is 10.2. The maximum absolute atomic E-state index is 12.7. The second-order valence-electron chi connectivity index (χ2n) is 11.9. The Kier molecular flexibility index (Phi) is 14.7. The van der Waals surface area contributed by atoms with E-state index in [-0.39, 0.29) is 11.1 Å². The molecule has 49 heavy (non-hydrogen) atoms. The number of thiophene rings is 2. The molecule has 2 unspecified atom stereocenters. The standard InChI is InChI=1S/C38H42N4O4S3/c1-5-9-11-25(7-3)23-45-37(43)27(21-39)19-29-13-17-33(47-29)31-15-16-32(36-35(31)41-49-42-36)34-18-14-30(48-34)20-28(22-40)38(44)46-24-26(8-4)12-10-6-2/h13-20,25-26H,5-12,23-24H2,1-4H3/b27-19+,28-20+. The molecule has 4 aromatic rings. The molecule has 256 valence electrons. The van der Waals surface area contributed by atoms with Gasteiger partial charge in [0.1, 0.15) is 34.3 Å². The van der Waals surface area contributed by atoms with Crippen molar-refractivity contribution in [3.05, 3.63) is 57.3 Å². The molecule has 3 heterocycles. The molecule has 0 spiro atoms. The van der Waals surface area contributed by atoms with Gasteiger partial charge in [-0.25, -0.2) is 9.59 Å². The number of carbonyl (C=O) groups excluding carboxylic acids is 2. The molecular weight excluding hydrogens is 673 g/mol. The molecule has 8 nitrogen and oxygen atoms in total. The molecule has 0 saturated heterocycles. The third-order valence-corrected chi connectivity index (χ3v) is 11.1. The Morgan fingerprint density at radius 2 is 1.14 bits per heavy atom. The average Bonchev–Trinajstić information content (AvgIpc) is 3.91. The first-order valence-corrected chi connectivity index (χ1v) is 19.2. The van der Waals surface area contributed by atoms with Gasteiger partial charge in [0.25, 0.3) is 0 Å². The van der Waals surface area contributed by atoms with Crippen LogP contribution in [0.4, 0.5) is 0 Å². The molecule has 0 amide bonds. The Bertz CT molecular complexity index is 1740. The fourth-order valence-electron chi connectivity index (χ4n) is 5.31. The van der Waals surface area contributed by atoms with Crippen molar-refractivity contribution in [1.82, 2.24) is 8.75 Å². The highest BCUT2D eigenvalue weighted by Crippen LogP contribution is 2.40. The van der Waals surface area contributed by atoms with E-state index >= 15 is 0 Å². The zero-order chi connectivity index (χ0) is 35.2. The normalized spacial score (nSPS) is 13.1. The number of fused-ring (bicyclic) bond motifs is 1. The maximum Gasteiger partial charge on any atom is 0.348 e. The van der Waals surface area contributed by atoms with E-state index in [1.54, 1.807) is 12.2 Å². The van der Waals surface area contributed by atoms with Crippen molar-refractivity contribution in [2.24, 2.45) is 11.8 Å². The van der Waals surface area contributed by atoms with E-state index in [1.807, 2.05) is 48.5 Å². The number of rotatable bonds is 18. The summed E-state index contributed by atoms with van der Waals surface area (Å²) < 4.78 is 20.2. The van der Waals surface area contributed by atoms with Crippen molar-refractivity contribution in [2.75, 3.05) is 13.2 Å². The quantitative estimate of drug-likeness (QED) is 0.0566. The summed E-state index contributed by atoms with van der Waals surface area (Å²) in [6.45, 7) is 9.08. The molecule has 0 aliphatic carbocycles. The van der Waals surface area contributed by atoms with E-state index < -0.39 is 11.9 Å². The molecular formula is C38H42N4O4S3. The van der Waals surface area contributed by atoms with Gasteiger partial charge in [-0.05, 0) is 61.1 Å². The highest BCUT2D eigenvalue weighted by molar-refractivity contribution is 7.17. The number of nitriles is 2. The molecule has 11 heteroatoms. The second-order valence-corrected chi connectivity index (χ2v) is 14.7. The fraction of sp³-hybridized carbons (Fsp3) is 0.421. The van der Waals surface area contributed by atoms with Crippen LogP contribution in [0.1, 0.15) is 88.8 Å². The van der Waals surface area contributed by atoms with Crippen LogP contribution in [0.2, 0.25) is 0 Å². The van der Waals surface area contributed by atoms with Crippen LogP contribution in [0, 0.1) is 34.5 Å². The lowest BCUT2D eigenvalue weighted by Crippen LogP contribution is -2.14. The SMILES string of the molecule is CCCCC(CC)COC(=O)/C(C#N)=C/c1ccc(-c2ccc(-c3ccc(/C=C(\C#N)C(=O)OCC(CC)CCCC)s3)c3nsnc23)s1. The van der Waals surface area contributed by atoms with Crippen LogP contribution in [0.5, 0.6) is 0 Å². The number of aromatic nitrogens is 2. The van der Waals surface area contributed by atoms with Crippen molar-refractivity contribution in [1.29, 1.82) is 10.5 Å². The lowest BCUT2D eigenvalue weighted by Gasteiger charge is -2.14. The summed E-state index contributed by atoms with van der Waals surface area (Å²) in [5.41, 5.74) is 3.24. The number of carbonyl (C=O) groups is 2. The Labute approximate surface area is 301 Å². The maximum atomic E-state index is 12.7. The van der Waals surface area contributed by atoms with Crippen LogP contribution in [0.25, 0.3) is 44.1 Å². The number of esters is 2. The number of unbranched alkanes of at least 4 members (excludes halogenated alkanes) is 2. The second kappa shape index (κ2) is 19.1. The first-order valence-electron chi connectivity index (χ1n) is 16.9. The van der Waals surface area contributed by atoms with E-state index in [4.69, 9.17) is 9.47 Å². The Balaban J connectivity index is 1.49. The summed E-state index contributed by atoms with van der Waals surface area (Å²) in [5, 5.41) is 19.4. The molecule has 1 aromatic carbocycles. The molecule has 2 atom stereocenters. The van der Waals surface area contributed by atoms with Crippen LogP contribution in [-0.2, 0) is 19.1 Å². The molecule has 0 radical (unpaired) electrons. The molecule has 4 rings (SSSR count). The van der Waals surface area contributed by atoms with Crippen LogP contribution in [0.3, 0.4) is 0 Å². The Morgan fingerprint density at radius 1 is 0.714 bits per heavy atom. The molecule has 0 aliphatic heterocycles. The highest BCUT2D eigenvalue weighted by atomic mass is 32.1. The molecule has 0 fully saturated rings. The first-order chi connectivity index (χ1) is 23.8. The van der Waals surface area contributed by atoms with Crippen molar-refractivity contribution in [2.45, 2.75) is 79.1 Å². The van der Waals surface area contributed by atoms with Crippen molar-refractivity contribution >= 4 is 69.5 Å². The van der Waals surface area contributed by atoms with Crippen molar-refractivity contribution in [3.8, 4) is 33.0 Å². The lowest BCUT2D eigenvalue weighted by atomic mass is 10.0. The van der Waals surface area contributed by atoms with E-state index in [2.05, 4.69) is 36.4 Å². The van der Waals surface area contributed by atoms with Crippen LogP contribution < -0.4 is 0 Å². The highest BCUT2D eigenvalue weighted by Gasteiger charge is 2.19. The van der Waals surface area contributed by atoms with Gasteiger partial charge in [-0.1, -0.05) is 78.4 Å². The molecule has 0 saturated carbocycles. The number of hydrogen-bond acceptors (Lipinski definition) is 11. The minimum absolute atomic E-state index is 0.0259. The van der Waals surface area contributed by atoms with Crippen LogP contribution in [-0.4, -0.2) is 33.9 Å². The molecule has 3 aromatic heterocycles. The van der Waals surface area contributed by atoms with E-state index in [1.165, 1.54) is 22.7 Å². The largest absolute Gasteiger partial charge is 0.461 e. The predicted octanol–water partition coefficient (Wildman–Crippen LogP) is 10.5. The van der Waals surface area contributed by atoms with Crippen LogP contribution in [0.15, 0.2) is 47.5 Å². The van der Waals surface area contributed by atoms with Crippen LogP contribution >= 0.6 is 34.4 Å². The summed E-state index contributed by atoms with van der Waals surface area (Å²) in [7, 11) is 0. The number of hydrogen-bond donors (Lipinski definition) is 0. The molecule has 0 aliphatic rings.